The number of nitrogens with zero attached hydrogens (tertiary/aromatic N) is 2. The summed E-state index contributed by atoms with van der Waals surface area (Å²) in [5.74, 6) is 2.52. The van der Waals surface area contributed by atoms with E-state index in [-0.39, 0.29) is 36.9 Å². The van der Waals surface area contributed by atoms with Gasteiger partial charge in [0.1, 0.15) is 5.75 Å². The molecule has 2 N–H and O–H groups in total. The highest BCUT2D eigenvalue weighted by Gasteiger charge is 2.29. The first-order valence-electron chi connectivity index (χ1n) is 12.0. The predicted molar refractivity (Wildman–Crippen MR) is 134 cm³/mol. The molecule has 2 unspecified atom stereocenters. The summed E-state index contributed by atoms with van der Waals surface area (Å²) in [7, 11) is 4.81. The van der Waals surface area contributed by atoms with Crippen LogP contribution in [-0.4, -0.2) is 79.5 Å². The predicted octanol–water partition coefficient (Wildman–Crippen LogP) is 2.08. The Bertz CT molecular complexity index is 1010. The largest absolute Gasteiger partial charge is 0.497 e. The minimum absolute atomic E-state index is 0.0626. The Balaban J connectivity index is 0.000000202. The van der Waals surface area contributed by atoms with E-state index in [1.165, 1.54) is 0 Å². The van der Waals surface area contributed by atoms with Crippen molar-refractivity contribution >= 4 is 11.8 Å². The standard InChI is InChI=1S/C14H19NO4.C13H17NO3/c1-18-12-4-3-10(5-13(12)19-2)7-15-8-11(9-16)6-14(15)17;1-17-12-4-2-10(3-5-12)7-14-8-11(9-15)6-13(14)16/h3-5,11,16H,6-9H2,1-2H3;2-5,11,15H,6-9H2,1H3. The molecule has 2 heterocycles. The Labute approximate surface area is 212 Å². The third-order valence-corrected chi connectivity index (χ3v) is 6.46. The van der Waals surface area contributed by atoms with Crippen LogP contribution in [0.4, 0.5) is 0 Å². The zero-order valence-electron chi connectivity index (χ0n) is 21.2. The van der Waals surface area contributed by atoms with Crippen LogP contribution < -0.4 is 14.2 Å². The van der Waals surface area contributed by atoms with Gasteiger partial charge in [0, 0.05) is 64.1 Å². The Morgan fingerprint density at radius 1 is 0.722 bits per heavy atom. The van der Waals surface area contributed by atoms with Gasteiger partial charge in [-0.3, -0.25) is 9.59 Å². The molecule has 0 bridgehead atoms. The van der Waals surface area contributed by atoms with Crippen molar-refractivity contribution in [2.75, 3.05) is 47.6 Å². The van der Waals surface area contributed by atoms with E-state index in [4.69, 9.17) is 24.4 Å². The van der Waals surface area contributed by atoms with Crippen molar-refractivity contribution in [2.24, 2.45) is 11.8 Å². The van der Waals surface area contributed by atoms with Gasteiger partial charge in [0.25, 0.3) is 0 Å². The van der Waals surface area contributed by atoms with E-state index in [1.807, 2.05) is 42.5 Å². The van der Waals surface area contributed by atoms with Gasteiger partial charge in [0.05, 0.1) is 21.3 Å². The quantitative estimate of drug-likeness (QED) is 0.543. The van der Waals surface area contributed by atoms with Crippen LogP contribution in [0.3, 0.4) is 0 Å². The fourth-order valence-electron chi connectivity index (χ4n) is 4.41. The number of aliphatic hydroxyl groups excluding tert-OH is 2. The summed E-state index contributed by atoms with van der Waals surface area (Å²) >= 11 is 0. The maximum Gasteiger partial charge on any atom is 0.223 e. The normalized spacial score (nSPS) is 19.2. The van der Waals surface area contributed by atoms with Gasteiger partial charge in [-0.05, 0) is 35.4 Å². The SMILES string of the molecule is COc1ccc(CN2CC(CO)CC2=O)cc1.COc1ccc(CN2CC(CO)CC2=O)cc1OC. The molecule has 0 aromatic heterocycles. The van der Waals surface area contributed by atoms with E-state index >= 15 is 0 Å². The van der Waals surface area contributed by atoms with Gasteiger partial charge in [-0.15, -0.1) is 0 Å². The molecule has 4 rings (SSSR count). The van der Waals surface area contributed by atoms with Crippen LogP contribution in [0.1, 0.15) is 24.0 Å². The molecule has 9 nitrogen and oxygen atoms in total. The van der Waals surface area contributed by atoms with Crippen molar-refractivity contribution in [2.45, 2.75) is 25.9 Å². The van der Waals surface area contributed by atoms with E-state index in [2.05, 4.69) is 0 Å². The minimum Gasteiger partial charge on any atom is -0.497 e. The van der Waals surface area contributed by atoms with Crippen LogP contribution in [-0.2, 0) is 22.7 Å². The molecule has 2 aliphatic heterocycles. The fourth-order valence-corrected chi connectivity index (χ4v) is 4.41. The lowest BCUT2D eigenvalue weighted by Gasteiger charge is -2.17. The second-order valence-electron chi connectivity index (χ2n) is 9.09. The van der Waals surface area contributed by atoms with Crippen molar-refractivity contribution in [3.8, 4) is 17.2 Å². The second kappa shape index (κ2) is 13.1. The number of carbonyl (C=O) groups is 2. The molecule has 0 spiro atoms. The Morgan fingerprint density at radius 3 is 1.67 bits per heavy atom. The molecule has 2 fully saturated rings. The molecular weight excluding hydrogens is 464 g/mol. The summed E-state index contributed by atoms with van der Waals surface area (Å²) in [5, 5.41) is 18.1. The number of methoxy groups -OCH3 is 3. The van der Waals surface area contributed by atoms with Gasteiger partial charge >= 0.3 is 0 Å². The topological polar surface area (TPSA) is 109 Å². The molecule has 9 heteroatoms. The summed E-state index contributed by atoms with van der Waals surface area (Å²) < 4.78 is 15.5. The van der Waals surface area contributed by atoms with Gasteiger partial charge in [0.15, 0.2) is 11.5 Å². The summed E-state index contributed by atoms with van der Waals surface area (Å²) in [4.78, 5) is 27.0. The third kappa shape index (κ3) is 7.11. The molecule has 0 saturated carbocycles. The fraction of sp³-hybridized carbons (Fsp3) is 0.481. The van der Waals surface area contributed by atoms with Crippen LogP contribution in [0, 0.1) is 11.8 Å². The number of likely N-dealkylation sites (tertiary alicyclic amines) is 2. The van der Waals surface area contributed by atoms with Crippen LogP contribution in [0.15, 0.2) is 42.5 Å². The van der Waals surface area contributed by atoms with Crippen LogP contribution >= 0.6 is 0 Å². The van der Waals surface area contributed by atoms with E-state index in [0.29, 0.717) is 50.5 Å². The van der Waals surface area contributed by atoms with Crippen molar-refractivity contribution in [1.82, 2.24) is 9.80 Å². The first-order chi connectivity index (χ1) is 17.4. The molecule has 2 saturated heterocycles. The molecule has 2 aromatic rings. The maximum atomic E-state index is 11.8. The van der Waals surface area contributed by atoms with E-state index in [9.17, 15) is 9.59 Å². The van der Waals surface area contributed by atoms with E-state index in [0.717, 1.165) is 16.9 Å². The van der Waals surface area contributed by atoms with Gasteiger partial charge in [-0.1, -0.05) is 18.2 Å². The van der Waals surface area contributed by atoms with E-state index < -0.39 is 0 Å². The lowest BCUT2D eigenvalue weighted by Crippen LogP contribution is -2.24. The summed E-state index contributed by atoms with van der Waals surface area (Å²) in [6.45, 7) is 2.57. The third-order valence-electron chi connectivity index (χ3n) is 6.46. The smallest absolute Gasteiger partial charge is 0.223 e. The summed E-state index contributed by atoms with van der Waals surface area (Å²) in [6.07, 6.45) is 0.899. The Kier molecular flexibility index (Phi) is 9.95. The number of aliphatic hydroxyl groups is 2. The molecule has 36 heavy (non-hydrogen) atoms. The molecular formula is C27H36N2O7. The van der Waals surface area contributed by atoms with Gasteiger partial charge in [-0.2, -0.15) is 0 Å². The number of benzene rings is 2. The van der Waals surface area contributed by atoms with Gasteiger partial charge < -0.3 is 34.2 Å². The molecule has 0 radical (unpaired) electrons. The molecule has 2 aromatic carbocycles. The lowest BCUT2D eigenvalue weighted by atomic mass is 10.1. The number of ether oxygens (including phenoxy) is 3. The number of hydrogen-bond acceptors (Lipinski definition) is 7. The molecule has 2 aliphatic rings. The maximum absolute atomic E-state index is 11.8. The van der Waals surface area contributed by atoms with Crippen molar-refractivity contribution in [3.63, 3.8) is 0 Å². The average Bonchev–Trinajstić information content (AvgIpc) is 3.45. The molecule has 196 valence electrons. The first kappa shape index (κ1) is 27.3. The molecule has 0 aliphatic carbocycles. The molecule has 2 amide bonds. The summed E-state index contributed by atoms with van der Waals surface area (Å²) in [5.41, 5.74) is 2.07. The van der Waals surface area contributed by atoms with E-state index in [1.54, 1.807) is 31.1 Å². The monoisotopic (exact) mass is 500 g/mol. The summed E-state index contributed by atoms with van der Waals surface area (Å²) in [6, 6.07) is 13.3. The minimum atomic E-state index is 0.0626. The van der Waals surface area contributed by atoms with Crippen LogP contribution in [0.5, 0.6) is 17.2 Å². The number of hydrogen-bond donors (Lipinski definition) is 2. The molecule has 2 atom stereocenters. The second-order valence-corrected chi connectivity index (χ2v) is 9.09. The van der Waals surface area contributed by atoms with Gasteiger partial charge in [-0.25, -0.2) is 0 Å². The number of rotatable bonds is 9. The van der Waals surface area contributed by atoms with Crippen molar-refractivity contribution in [1.29, 1.82) is 0 Å². The Hall–Kier alpha value is -3.30. The zero-order valence-corrected chi connectivity index (χ0v) is 21.2. The zero-order chi connectivity index (χ0) is 26.1. The van der Waals surface area contributed by atoms with Gasteiger partial charge in [0.2, 0.25) is 11.8 Å². The highest BCUT2D eigenvalue weighted by molar-refractivity contribution is 5.79. The average molecular weight is 501 g/mol. The first-order valence-corrected chi connectivity index (χ1v) is 12.0. The highest BCUT2D eigenvalue weighted by atomic mass is 16.5. The number of amides is 2. The van der Waals surface area contributed by atoms with Crippen molar-refractivity contribution in [3.05, 3.63) is 53.6 Å². The Morgan fingerprint density at radius 2 is 1.22 bits per heavy atom. The lowest BCUT2D eigenvalue weighted by molar-refractivity contribution is -0.129. The highest BCUT2D eigenvalue weighted by Crippen LogP contribution is 2.29. The van der Waals surface area contributed by atoms with Crippen LogP contribution in [0.25, 0.3) is 0 Å². The van der Waals surface area contributed by atoms with Crippen molar-refractivity contribution < 1.29 is 34.0 Å². The number of carbonyl (C=O) groups excluding carboxylic acids is 2. The van der Waals surface area contributed by atoms with Crippen LogP contribution in [0.2, 0.25) is 0 Å².